The lowest BCUT2D eigenvalue weighted by atomic mass is 9.89. The quantitative estimate of drug-likeness (QED) is 0.599. The molecule has 2 aromatic carbocycles. The van der Waals surface area contributed by atoms with Gasteiger partial charge in [-0.1, -0.05) is 12.1 Å². The monoisotopic (exact) mass is 418 g/mol. The fraction of sp³-hybridized carbons (Fsp3) is 0.462. The number of imidazole rings is 1. The van der Waals surface area contributed by atoms with E-state index in [-0.39, 0.29) is 5.91 Å². The first kappa shape index (κ1) is 21.6. The molecule has 3 aromatic rings. The van der Waals surface area contributed by atoms with Crippen LogP contribution in [0, 0.1) is 20.8 Å². The van der Waals surface area contributed by atoms with Gasteiger partial charge in [-0.2, -0.15) is 0 Å². The van der Waals surface area contributed by atoms with Crippen molar-refractivity contribution in [2.24, 2.45) is 0 Å². The lowest BCUT2D eigenvalue weighted by Crippen LogP contribution is -2.34. The molecule has 1 aromatic heterocycles. The molecule has 1 aliphatic rings. The average Bonchev–Trinajstić information content (AvgIpc) is 3.03. The summed E-state index contributed by atoms with van der Waals surface area (Å²) < 4.78 is 2.38. The number of carbonyl (C=O) groups is 1. The van der Waals surface area contributed by atoms with E-state index in [4.69, 9.17) is 4.98 Å². The molecule has 5 nitrogen and oxygen atoms in total. The van der Waals surface area contributed by atoms with Gasteiger partial charge in [-0.25, -0.2) is 4.98 Å². The van der Waals surface area contributed by atoms with Crippen LogP contribution >= 0.6 is 0 Å². The molecule has 5 heteroatoms. The zero-order valence-electron chi connectivity index (χ0n) is 19.2. The number of benzene rings is 2. The molecule has 0 spiro atoms. The smallest absolute Gasteiger partial charge is 0.221 e. The van der Waals surface area contributed by atoms with Crippen LogP contribution in [-0.4, -0.2) is 40.0 Å². The minimum Gasteiger partial charge on any atom is -0.328 e. The molecule has 1 saturated heterocycles. The van der Waals surface area contributed by atoms with Gasteiger partial charge in [0.05, 0.1) is 11.0 Å². The number of piperidine rings is 1. The number of hydrogen-bond acceptors (Lipinski definition) is 3. The second-order valence-corrected chi connectivity index (χ2v) is 9.01. The summed E-state index contributed by atoms with van der Waals surface area (Å²) >= 11 is 0. The van der Waals surface area contributed by atoms with Gasteiger partial charge >= 0.3 is 0 Å². The molecule has 1 amide bonds. The number of likely N-dealkylation sites (tertiary alicyclic amines) is 1. The highest BCUT2D eigenvalue weighted by molar-refractivity contribution is 5.88. The summed E-state index contributed by atoms with van der Waals surface area (Å²) in [4.78, 5) is 18.7. The maximum atomic E-state index is 11.3. The topological polar surface area (TPSA) is 50.2 Å². The number of rotatable bonds is 6. The van der Waals surface area contributed by atoms with Crippen molar-refractivity contribution in [2.45, 2.75) is 59.4 Å². The van der Waals surface area contributed by atoms with Gasteiger partial charge in [0.1, 0.15) is 5.82 Å². The summed E-state index contributed by atoms with van der Waals surface area (Å²) in [6, 6.07) is 12.8. The van der Waals surface area contributed by atoms with E-state index in [9.17, 15) is 4.79 Å². The van der Waals surface area contributed by atoms with Crippen molar-refractivity contribution >= 4 is 22.6 Å². The normalized spacial score (nSPS) is 15.5. The Bertz CT molecular complexity index is 1080. The zero-order chi connectivity index (χ0) is 22.0. The fourth-order valence-corrected chi connectivity index (χ4v) is 4.80. The lowest BCUT2D eigenvalue weighted by molar-refractivity contribution is -0.114. The molecule has 0 radical (unpaired) electrons. The first-order chi connectivity index (χ1) is 14.9. The highest BCUT2D eigenvalue weighted by Gasteiger charge is 2.21. The summed E-state index contributed by atoms with van der Waals surface area (Å²) in [5, 5.41) is 2.90. The molecule has 164 valence electrons. The number of aromatic nitrogens is 2. The Labute approximate surface area is 185 Å². The van der Waals surface area contributed by atoms with Crippen LogP contribution in [0.5, 0.6) is 0 Å². The minimum absolute atomic E-state index is 0.0156. The summed E-state index contributed by atoms with van der Waals surface area (Å²) in [6.45, 7) is 12.4. The Morgan fingerprint density at radius 3 is 2.55 bits per heavy atom. The number of carbonyl (C=O) groups excluding carboxylic acids is 1. The number of nitrogens with one attached hydrogen (secondary N) is 1. The summed E-state index contributed by atoms with van der Waals surface area (Å²) in [5.41, 5.74) is 7.26. The van der Waals surface area contributed by atoms with Crippen LogP contribution in [0.2, 0.25) is 0 Å². The van der Waals surface area contributed by atoms with E-state index in [1.807, 2.05) is 12.1 Å². The third kappa shape index (κ3) is 4.99. The van der Waals surface area contributed by atoms with E-state index in [0.717, 1.165) is 49.6 Å². The van der Waals surface area contributed by atoms with Crippen LogP contribution in [-0.2, 0) is 11.3 Å². The van der Waals surface area contributed by atoms with Gasteiger partial charge in [-0.05, 0) is 107 Å². The van der Waals surface area contributed by atoms with E-state index in [2.05, 4.69) is 59.8 Å². The number of nitrogens with zero attached hydrogens (tertiary/aromatic N) is 3. The highest BCUT2D eigenvalue weighted by Crippen LogP contribution is 2.29. The van der Waals surface area contributed by atoms with Crippen molar-refractivity contribution < 1.29 is 4.79 Å². The van der Waals surface area contributed by atoms with Gasteiger partial charge in [0.2, 0.25) is 5.91 Å². The molecular weight excluding hydrogens is 384 g/mol. The van der Waals surface area contributed by atoms with Crippen molar-refractivity contribution in [1.29, 1.82) is 0 Å². The van der Waals surface area contributed by atoms with Gasteiger partial charge in [0.15, 0.2) is 0 Å². The van der Waals surface area contributed by atoms with Crippen molar-refractivity contribution in [2.75, 3.05) is 25.0 Å². The molecule has 0 bridgehead atoms. The van der Waals surface area contributed by atoms with Crippen LogP contribution in [0.25, 0.3) is 11.0 Å². The Morgan fingerprint density at radius 2 is 1.81 bits per heavy atom. The summed E-state index contributed by atoms with van der Waals surface area (Å²) in [5.74, 6) is 1.67. The fourth-order valence-electron chi connectivity index (χ4n) is 4.80. The third-order valence-electron chi connectivity index (χ3n) is 6.68. The summed E-state index contributed by atoms with van der Waals surface area (Å²) in [7, 11) is 0. The molecule has 1 aliphatic heterocycles. The Morgan fingerprint density at radius 1 is 1.06 bits per heavy atom. The van der Waals surface area contributed by atoms with E-state index in [1.165, 1.54) is 35.0 Å². The molecule has 0 saturated carbocycles. The molecule has 0 aliphatic carbocycles. The molecule has 31 heavy (non-hydrogen) atoms. The van der Waals surface area contributed by atoms with Crippen LogP contribution in [0.3, 0.4) is 0 Å². The lowest BCUT2D eigenvalue weighted by Gasteiger charge is -2.32. The number of aryl methyl sites for hydroxylation is 4. The molecule has 1 fully saturated rings. The molecule has 0 atom stereocenters. The van der Waals surface area contributed by atoms with Gasteiger partial charge in [0.25, 0.3) is 0 Å². The highest BCUT2D eigenvalue weighted by atomic mass is 16.1. The van der Waals surface area contributed by atoms with Gasteiger partial charge < -0.3 is 14.8 Å². The minimum atomic E-state index is -0.0156. The summed E-state index contributed by atoms with van der Waals surface area (Å²) in [6.07, 6.45) is 3.49. The predicted octanol–water partition coefficient (Wildman–Crippen LogP) is 5.19. The van der Waals surface area contributed by atoms with Gasteiger partial charge in [-0.15, -0.1) is 0 Å². The van der Waals surface area contributed by atoms with Crippen LogP contribution < -0.4 is 5.32 Å². The number of anilines is 1. The van der Waals surface area contributed by atoms with E-state index in [0.29, 0.717) is 5.92 Å². The molecule has 0 unspecified atom stereocenters. The second-order valence-electron chi connectivity index (χ2n) is 9.01. The molecular formula is C26H34N4O. The number of fused-ring (bicyclic) bond motifs is 1. The number of amides is 1. The molecule has 1 N–H and O–H groups in total. The first-order valence-electron chi connectivity index (χ1n) is 11.4. The predicted molar refractivity (Wildman–Crippen MR) is 128 cm³/mol. The van der Waals surface area contributed by atoms with Crippen LogP contribution in [0.1, 0.15) is 54.6 Å². The Hall–Kier alpha value is -2.66. The number of hydrogen-bond donors (Lipinski definition) is 1. The van der Waals surface area contributed by atoms with Crippen molar-refractivity contribution in [3.63, 3.8) is 0 Å². The Balaban J connectivity index is 1.30. The van der Waals surface area contributed by atoms with E-state index in [1.54, 1.807) is 6.92 Å². The van der Waals surface area contributed by atoms with E-state index >= 15 is 0 Å². The average molecular weight is 419 g/mol. The second kappa shape index (κ2) is 9.23. The molecule has 4 rings (SSSR count). The first-order valence-corrected chi connectivity index (χ1v) is 11.4. The van der Waals surface area contributed by atoms with Crippen LogP contribution in [0.15, 0.2) is 36.4 Å². The van der Waals surface area contributed by atoms with Crippen molar-refractivity contribution in [3.8, 4) is 0 Å². The standard InChI is InChI=1S/C26H34N4O/c1-18-15-25-26(16-19(18)2)30(20(3)27-25)12-6-11-29-13-9-22(10-14-29)23-7-5-8-24(17-23)28-21(4)31/h5,7-8,15-17,22H,6,9-14H2,1-4H3,(H,28,31). The van der Waals surface area contributed by atoms with E-state index < -0.39 is 0 Å². The zero-order valence-corrected chi connectivity index (χ0v) is 19.2. The maximum Gasteiger partial charge on any atom is 0.221 e. The largest absolute Gasteiger partial charge is 0.328 e. The third-order valence-corrected chi connectivity index (χ3v) is 6.68. The molecule has 2 heterocycles. The van der Waals surface area contributed by atoms with Crippen molar-refractivity contribution in [3.05, 3.63) is 58.9 Å². The van der Waals surface area contributed by atoms with Crippen LogP contribution in [0.4, 0.5) is 5.69 Å². The van der Waals surface area contributed by atoms with Crippen molar-refractivity contribution in [1.82, 2.24) is 14.5 Å². The maximum absolute atomic E-state index is 11.3. The van der Waals surface area contributed by atoms with Gasteiger partial charge in [0, 0.05) is 19.2 Å². The SMILES string of the molecule is CC(=O)Nc1cccc(C2CCN(CCCn3c(C)nc4cc(C)c(C)cc43)CC2)c1. The van der Waals surface area contributed by atoms with Gasteiger partial charge in [-0.3, -0.25) is 4.79 Å². The Kier molecular flexibility index (Phi) is 6.42.